The van der Waals surface area contributed by atoms with Crippen molar-refractivity contribution in [1.29, 1.82) is 0 Å². The van der Waals surface area contributed by atoms with E-state index in [0.717, 1.165) is 11.8 Å². The quantitative estimate of drug-likeness (QED) is 0.760. The van der Waals surface area contributed by atoms with Gasteiger partial charge in [0.05, 0.1) is 5.71 Å². The summed E-state index contributed by atoms with van der Waals surface area (Å²) in [6, 6.07) is 0. The summed E-state index contributed by atoms with van der Waals surface area (Å²) in [7, 11) is 0. The van der Waals surface area contributed by atoms with Crippen LogP contribution in [0, 0.1) is 23.7 Å². The van der Waals surface area contributed by atoms with Crippen LogP contribution >= 0.6 is 0 Å². The standard InChI is InChI=1S/C17H20N4/c1-11(12-4-2-3-5-12)16-15(10-20-21-16)13-6-8-18-17-14(13)7-9-19-17/h6-13,15H,2-5H2,1H3. The van der Waals surface area contributed by atoms with E-state index in [1.54, 1.807) is 0 Å². The molecule has 1 fully saturated rings. The van der Waals surface area contributed by atoms with Crippen LogP contribution in [-0.2, 0) is 0 Å². The molecule has 0 amide bonds. The van der Waals surface area contributed by atoms with E-state index in [2.05, 4.69) is 39.3 Å². The highest BCUT2D eigenvalue weighted by Gasteiger charge is 2.37. The van der Waals surface area contributed by atoms with Gasteiger partial charge in [-0.2, -0.15) is 10.2 Å². The van der Waals surface area contributed by atoms with Crippen molar-refractivity contribution in [2.45, 2.75) is 32.6 Å². The van der Waals surface area contributed by atoms with Crippen molar-refractivity contribution in [1.82, 2.24) is 0 Å². The molecule has 0 aromatic rings. The third-order valence-corrected chi connectivity index (χ3v) is 5.26. The lowest BCUT2D eigenvalue weighted by Gasteiger charge is -2.28. The molecule has 0 spiro atoms. The maximum atomic E-state index is 4.50. The minimum atomic E-state index is 0.273. The maximum absolute atomic E-state index is 4.50. The maximum Gasteiger partial charge on any atom is 0.155 e. The van der Waals surface area contributed by atoms with Crippen molar-refractivity contribution in [3.8, 4) is 0 Å². The van der Waals surface area contributed by atoms with Gasteiger partial charge in [-0.25, -0.2) is 9.98 Å². The fourth-order valence-electron chi connectivity index (χ4n) is 4.01. The van der Waals surface area contributed by atoms with Crippen molar-refractivity contribution in [3.63, 3.8) is 0 Å². The minimum Gasteiger partial charge on any atom is -0.237 e. The van der Waals surface area contributed by atoms with Gasteiger partial charge in [-0.05, 0) is 30.8 Å². The molecule has 0 aromatic heterocycles. The lowest BCUT2D eigenvalue weighted by atomic mass is 9.75. The van der Waals surface area contributed by atoms with Crippen LogP contribution in [0.1, 0.15) is 32.6 Å². The molecule has 3 aliphatic heterocycles. The first-order valence-corrected chi connectivity index (χ1v) is 7.94. The Morgan fingerprint density at radius 1 is 1.19 bits per heavy atom. The molecule has 3 heterocycles. The largest absolute Gasteiger partial charge is 0.237 e. The Balaban J connectivity index is 1.57. The van der Waals surface area contributed by atoms with Gasteiger partial charge < -0.3 is 0 Å². The Morgan fingerprint density at radius 2 is 2.05 bits per heavy atom. The summed E-state index contributed by atoms with van der Waals surface area (Å²) in [5.41, 5.74) is 2.47. The SMILES string of the molecule is CC(C1=NN=CC1C1C=CN=C2N=CC=C21)C1CCCC1. The molecule has 0 aromatic carbocycles. The average Bonchev–Trinajstić information content (AvgIpc) is 3.24. The van der Waals surface area contributed by atoms with E-state index in [9.17, 15) is 0 Å². The molecule has 0 radical (unpaired) electrons. The summed E-state index contributed by atoms with van der Waals surface area (Å²) in [6.07, 6.45) is 15.4. The molecule has 0 saturated heterocycles. The lowest BCUT2D eigenvalue weighted by Crippen LogP contribution is -2.32. The second kappa shape index (κ2) is 5.17. The van der Waals surface area contributed by atoms with Crippen molar-refractivity contribution >= 4 is 24.0 Å². The second-order valence-corrected chi connectivity index (χ2v) is 6.37. The highest BCUT2D eigenvalue weighted by Crippen LogP contribution is 2.38. The van der Waals surface area contributed by atoms with Crippen molar-refractivity contribution in [2.24, 2.45) is 43.9 Å². The highest BCUT2D eigenvalue weighted by molar-refractivity contribution is 6.14. The van der Waals surface area contributed by atoms with Crippen LogP contribution in [0.25, 0.3) is 0 Å². The number of allylic oxidation sites excluding steroid dienone is 2. The summed E-state index contributed by atoms with van der Waals surface area (Å²) in [5.74, 6) is 2.72. The number of hydrogen-bond donors (Lipinski definition) is 0. The van der Waals surface area contributed by atoms with Gasteiger partial charge in [0.25, 0.3) is 0 Å². The molecular formula is C17H20N4. The molecule has 3 unspecified atom stereocenters. The number of rotatable bonds is 3. The smallest absolute Gasteiger partial charge is 0.155 e. The number of aliphatic imine (C=N–C) groups is 2. The van der Waals surface area contributed by atoms with E-state index in [1.807, 2.05) is 18.6 Å². The van der Waals surface area contributed by atoms with Gasteiger partial charge in [-0.1, -0.05) is 25.8 Å². The molecule has 1 saturated carbocycles. The number of fused-ring (bicyclic) bond motifs is 1. The number of hydrogen-bond acceptors (Lipinski definition) is 4. The van der Waals surface area contributed by atoms with Crippen molar-refractivity contribution in [2.75, 3.05) is 0 Å². The molecule has 108 valence electrons. The van der Waals surface area contributed by atoms with Gasteiger partial charge in [-0.15, -0.1) is 0 Å². The monoisotopic (exact) mass is 280 g/mol. The summed E-state index contributed by atoms with van der Waals surface area (Å²) in [4.78, 5) is 8.67. The van der Waals surface area contributed by atoms with Crippen LogP contribution in [-0.4, -0.2) is 24.0 Å². The fraction of sp³-hybridized carbons (Fsp3) is 0.529. The molecule has 4 heteroatoms. The summed E-state index contributed by atoms with van der Waals surface area (Å²) in [5, 5.41) is 8.74. The molecule has 0 N–H and O–H groups in total. The van der Waals surface area contributed by atoms with E-state index in [1.165, 1.54) is 37.0 Å². The van der Waals surface area contributed by atoms with E-state index >= 15 is 0 Å². The molecular weight excluding hydrogens is 260 g/mol. The Kier molecular flexibility index (Phi) is 3.17. The molecule has 4 rings (SSSR count). The number of nitrogens with zero attached hydrogens (tertiary/aromatic N) is 4. The van der Waals surface area contributed by atoms with Gasteiger partial charge in [0.1, 0.15) is 0 Å². The van der Waals surface area contributed by atoms with Gasteiger partial charge in [-0.3, -0.25) is 0 Å². The fourth-order valence-corrected chi connectivity index (χ4v) is 4.01. The Bertz CT molecular complexity index is 615. The zero-order valence-electron chi connectivity index (χ0n) is 12.3. The van der Waals surface area contributed by atoms with E-state index in [4.69, 9.17) is 0 Å². The van der Waals surface area contributed by atoms with Gasteiger partial charge in [0, 0.05) is 36.0 Å². The van der Waals surface area contributed by atoms with Gasteiger partial charge in [0.15, 0.2) is 5.84 Å². The lowest BCUT2D eigenvalue weighted by molar-refractivity contribution is 0.444. The van der Waals surface area contributed by atoms with E-state index < -0.39 is 0 Å². The van der Waals surface area contributed by atoms with Crippen LogP contribution in [0.3, 0.4) is 0 Å². The topological polar surface area (TPSA) is 49.4 Å². The molecule has 21 heavy (non-hydrogen) atoms. The van der Waals surface area contributed by atoms with Crippen molar-refractivity contribution < 1.29 is 0 Å². The van der Waals surface area contributed by atoms with Crippen LogP contribution in [0.15, 0.2) is 44.1 Å². The Labute approximate surface area is 125 Å². The zero-order chi connectivity index (χ0) is 14.2. The zero-order valence-corrected chi connectivity index (χ0v) is 12.3. The van der Waals surface area contributed by atoms with E-state index in [0.29, 0.717) is 5.92 Å². The van der Waals surface area contributed by atoms with Gasteiger partial charge in [0.2, 0.25) is 0 Å². The summed E-state index contributed by atoms with van der Waals surface area (Å²) in [6.45, 7) is 2.33. The van der Waals surface area contributed by atoms with E-state index in [-0.39, 0.29) is 11.8 Å². The first kappa shape index (κ1) is 12.9. The molecule has 0 bridgehead atoms. The third kappa shape index (κ3) is 2.13. The number of amidine groups is 1. The molecule has 3 atom stereocenters. The van der Waals surface area contributed by atoms with Crippen LogP contribution < -0.4 is 0 Å². The van der Waals surface area contributed by atoms with Crippen LogP contribution in [0.2, 0.25) is 0 Å². The van der Waals surface area contributed by atoms with Crippen molar-refractivity contribution in [3.05, 3.63) is 23.9 Å². The minimum absolute atomic E-state index is 0.273. The predicted octanol–water partition coefficient (Wildman–Crippen LogP) is 3.42. The summed E-state index contributed by atoms with van der Waals surface area (Å²) >= 11 is 0. The average molecular weight is 280 g/mol. The van der Waals surface area contributed by atoms with Crippen LogP contribution in [0.5, 0.6) is 0 Å². The first-order chi connectivity index (χ1) is 10.3. The Hall–Kier alpha value is -1.84. The van der Waals surface area contributed by atoms with Crippen LogP contribution in [0.4, 0.5) is 0 Å². The second-order valence-electron chi connectivity index (χ2n) is 6.37. The van der Waals surface area contributed by atoms with Gasteiger partial charge >= 0.3 is 0 Å². The molecule has 1 aliphatic carbocycles. The molecule has 4 aliphatic rings. The normalized spacial score (nSPS) is 32.1. The first-order valence-electron chi connectivity index (χ1n) is 7.94. The summed E-state index contributed by atoms with van der Waals surface area (Å²) < 4.78 is 0. The predicted molar refractivity (Wildman–Crippen MR) is 87.2 cm³/mol. The third-order valence-electron chi connectivity index (χ3n) is 5.26. The highest BCUT2D eigenvalue weighted by atomic mass is 15.2. The Morgan fingerprint density at radius 3 is 2.90 bits per heavy atom. The molecule has 4 nitrogen and oxygen atoms in total.